The lowest BCUT2D eigenvalue weighted by Gasteiger charge is -2.58. The molecule has 4 aliphatic rings. The topological polar surface area (TPSA) is 87.8 Å². The molecule has 178 valence electrons. The number of nitro benzene ring substituents is 1. The van der Waals surface area contributed by atoms with Crippen molar-refractivity contribution in [2.75, 3.05) is 5.43 Å². The number of rotatable bonds is 4. The molecule has 2 N–H and O–H groups in total. The fraction of sp³-hybridized carbons (Fsp3) is 0.667. The van der Waals surface area contributed by atoms with Gasteiger partial charge in [-0.05, 0) is 92.9 Å². The van der Waals surface area contributed by atoms with Gasteiger partial charge in [0, 0.05) is 23.8 Å². The van der Waals surface area contributed by atoms with Gasteiger partial charge in [0.1, 0.15) is 0 Å². The predicted molar refractivity (Wildman–Crippen MR) is 131 cm³/mol. The number of nitro groups is 1. The van der Waals surface area contributed by atoms with Gasteiger partial charge in [-0.25, -0.2) is 0 Å². The zero-order valence-electron chi connectivity index (χ0n) is 20.1. The second kappa shape index (κ2) is 8.23. The van der Waals surface area contributed by atoms with Crippen LogP contribution in [-0.4, -0.2) is 21.8 Å². The fourth-order valence-electron chi connectivity index (χ4n) is 8.25. The minimum atomic E-state index is -0.375. The van der Waals surface area contributed by atoms with Crippen LogP contribution in [0.2, 0.25) is 0 Å². The number of fused-ring (bicyclic) bond motifs is 5. The minimum Gasteiger partial charge on any atom is -0.393 e. The van der Waals surface area contributed by atoms with Crippen molar-refractivity contribution >= 4 is 17.1 Å². The Bertz CT molecular complexity index is 1000. The molecule has 33 heavy (non-hydrogen) atoms. The number of hydrogen-bond donors (Lipinski definition) is 2. The van der Waals surface area contributed by atoms with Gasteiger partial charge in [0.05, 0.1) is 16.7 Å². The summed E-state index contributed by atoms with van der Waals surface area (Å²) in [7, 11) is 0. The second-order valence-corrected chi connectivity index (χ2v) is 11.5. The van der Waals surface area contributed by atoms with Gasteiger partial charge in [-0.15, -0.1) is 0 Å². The van der Waals surface area contributed by atoms with Gasteiger partial charge in [0.25, 0.3) is 5.69 Å². The highest BCUT2D eigenvalue weighted by Gasteiger charge is 2.59. The Morgan fingerprint density at radius 3 is 2.79 bits per heavy atom. The molecule has 1 aromatic rings. The first-order valence-electron chi connectivity index (χ1n) is 12.6. The molecule has 6 heteroatoms. The molecule has 7 atom stereocenters. The molecule has 1 aromatic carbocycles. The highest BCUT2D eigenvalue weighted by atomic mass is 16.6. The molecule has 0 saturated heterocycles. The molecule has 0 spiro atoms. The van der Waals surface area contributed by atoms with Crippen LogP contribution in [0.25, 0.3) is 0 Å². The van der Waals surface area contributed by atoms with E-state index in [-0.39, 0.29) is 27.5 Å². The average molecular weight is 452 g/mol. The highest BCUT2D eigenvalue weighted by Crippen LogP contribution is 2.66. The third kappa shape index (κ3) is 3.71. The van der Waals surface area contributed by atoms with E-state index in [1.165, 1.54) is 43.4 Å². The normalized spacial score (nSPS) is 40.3. The summed E-state index contributed by atoms with van der Waals surface area (Å²) in [4.78, 5) is 10.7. The van der Waals surface area contributed by atoms with Crippen LogP contribution in [-0.2, 0) is 0 Å². The van der Waals surface area contributed by atoms with E-state index in [0.29, 0.717) is 17.5 Å². The first-order valence-corrected chi connectivity index (χ1v) is 12.6. The number of non-ortho nitro benzene ring substituents is 1. The van der Waals surface area contributed by atoms with Crippen molar-refractivity contribution in [3.8, 4) is 0 Å². The zero-order chi connectivity index (χ0) is 23.4. The lowest BCUT2D eigenvalue weighted by atomic mass is 9.47. The Morgan fingerprint density at radius 1 is 1.18 bits per heavy atom. The lowest BCUT2D eigenvalue weighted by molar-refractivity contribution is -0.384. The van der Waals surface area contributed by atoms with Crippen molar-refractivity contribution in [3.63, 3.8) is 0 Å². The van der Waals surface area contributed by atoms with Crippen molar-refractivity contribution in [2.24, 2.45) is 39.6 Å². The lowest BCUT2D eigenvalue weighted by Crippen LogP contribution is -2.50. The summed E-state index contributed by atoms with van der Waals surface area (Å²) in [6.45, 7) is 7.09. The molecule has 0 aromatic heterocycles. The summed E-state index contributed by atoms with van der Waals surface area (Å²) < 4.78 is 0. The third-order valence-corrected chi connectivity index (χ3v) is 10.0. The molecule has 6 nitrogen and oxygen atoms in total. The second-order valence-electron chi connectivity index (χ2n) is 11.5. The van der Waals surface area contributed by atoms with E-state index in [0.717, 1.165) is 43.2 Å². The standard InChI is InChI=1S/C27H37N3O3/c1-17(28-29-19-5-4-6-20(16-19)30(32)33)23-9-10-24-22-8-7-18-15-21(31)11-13-26(18,2)25(22)12-14-27(23,24)3/h4-7,16,21-25,29,31H,8-15H2,1-3H3. The molecule has 5 rings (SSSR count). The van der Waals surface area contributed by atoms with E-state index >= 15 is 0 Å². The maximum atomic E-state index is 11.1. The van der Waals surface area contributed by atoms with E-state index in [2.05, 4.69) is 32.3 Å². The Balaban J connectivity index is 1.34. The summed E-state index contributed by atoms with van der Waals surface area (Å²) in [6.07, 6.45) is 11.4. The number of anilines is 1. The molecule has 0 radical (unpaired) electrons. The largest absolute Gasteiger partial charge is 0.393 e. The number of hydrogen-bond acceptors (Lipinski definition) is 5. The first-order chi connectivity index (χ1) is 15.7. The number of allylic oxidation sites excluding steroid dienone is 1. The van der Waals surface area contributed by atoms with E-state index in [1.807, 2.05) is 6.07 Å². The quantitative estimate of drug-likeness (QED) is 0.243. The third-order valence-electron chi connectivity index (χ3n) is 10.0. The van der Waals surface area contributed by atoms with Crippen molar-refractivity contribution in [2.45, 2.75) is 78.2 Å². The Labute approximate surface area is 196 Å². The van der Waals surface area contributed by atoms with Crippen LogP contribution in [0.15, 0.2) is 41.0 Å². The maximum Gasteiger partial charge on any atom is 0.271 e. The van der Waals surface area contributed by atoms with Gasteiger partial charge in [-0.3, -0.25) is 15.5 Å². The van der Waals surface area contributed by atoms with Crippen molar-refractivity contribution in [3.05, 3.63) is 46.0 Å². The number of aliphatic hydroxyl groups excluding tert-OH is 1. The van der Waals surface area contributed by atoms with Crippen LogP contribution in [0.5, 0.6) is 0 Å². The number of aliphatic hydroxyl groups is 1. The molecule has 0 heterocycles. The Hall–Kier alpha value is -2.21. The van der Waals surface area contributed by atoms with E-state index in [4.69, 9.17) is 5.10 Å². The van der Waals surface area contributed by atoms with E-state index in [1.54, 1.807) is 6.07 Å². The smallest absolute Gasteiger partial charge is 0.271 e. The molecule has 0 aliphatic heterocycles. The number of nitrogens with one attached hydrogen (secondary N) is 1. The number of hydrazone groups is 1. The SMILES string of the molecule is CC(=NNc1cccc([N+](=O)[O-])c1)C1CCC2C3CC=C4CC(O)CCC4(C)C3CCC12C. The maximum absolute atomic E-state index is 11.1. The number of benzene rings is 1. The monoisotopic (exact) mass is 451 g/mol. The van der Waals surface area contributed by atoms with Crippen LogP contribution in [0.3, 0.4) is 0 Å². The van der Waals surface area contributed by atoms with Gasteiger partial charge in [0.2, 0.25) is 0 Å². The van der Waals surface area contributed by atoms with Crippen LogP contribution < -0.4 is 5.43 Å². The van der Waals surface area contributed by atoms with Crippen molar-refractivity contribution in [1.29, 1.82) is 0 Å². The van der Waals surface area contributed by atoms with Gasteiger partial charge >= 0.3 is 0 Å². The van der Waals surface area contributed by atoms with E-state index < -0.39 is 0 Å². The molecule has 7 unspecified atom stereocenters. The molecule has 0 bridgehead atoms. The van der Waals surface area contributed by atoms with Gasteiger partial charge in [-0.2, -0.15) is 5.10 Å². The summed E-state index contributed by atoms with van der Waals surface area (Å²) >= 11 is 0. The van der Waals surface area contributed by atoms with Gasteiger partial charge in [-0.1, -0.05) is 31.6 Å². The molecule has 3 saturated carbocycles. The number of nitrogens with zero attached hydrogens (tertiary/aromatic N) is 2. The zero-order valence-corrected chi connectivity index (χ0v) is 20.1. The van der Waals surface area contributed by atoms with Gasteiger partial charge < -0.3 is 5.11 Å². The molecule has 3 fully saturated rings. The molecular formula is C27H37N3O3. The van der Waals surface area contributed by atoms with Crippen molar-refractivity contribution in [1.82, 2.24) is 0 Å². The van der Waals surface area contributed by atoms with Crippen LogP contribution in [0.1, 0.15) is 72.1 Å². The first kappa shape index (κ1) is 22.6. The predicted octanol–water partition coefficient (Wildman–Crippen LogP) is 6.32. The van der Waals surface area contributed by atoms with Crippen LogP contribution in [0, 0.1) is 44.6 Å². The summed E-state index contributed by atoms with van der Waals surface area (Å²) in [5.41, 5.74) is 6.99. The average Bonchev–Trinajstić information content (AvgIpc) is 3.15. The minimum absolute atomic E-state index is 0.0764. The summed E-state index contributed by atoms with van der Waals surface area (Å²) in [5, 5.41) is 26.0. The van der Waals surface area contributed by atoms with Crippen LogP contribution in [0.4, 0.5) is 11.4 Å². The summed E-state index contributed by atoms with van der Waals surface area (Å²) in [5.74, 6) is 2.63. The Morgan fingerprint density at radius 2 is 2.00 bits per heavy atom. The highest BCUT2D eigenvalue weighted by molar-refractivity contribution is 5.86. The molecule has 0 amide bonds. The Kier molecular flexibility index (Phi) is 5.63. The summed E-state index contributed by atoms with van der Waals surface area (Å²) in [6, 6.07) is 6.55. The van der Waals surface area contributed by atoms with Crippen LogP contribution >= 0.6 is 0 Å². The van der Waals surface area contributed by atoms with E-state index in [9.17, 15) is 15.2 Å². The van der Waals surface area contributed by atoms with Gasteiger partial charge in [0.15, 0.2) is 0 Å². The van der Waals surface area contributed by atoms with Crippen molar-refractivity contribution < 1.29 is 10.0 Å². The molecular weight excluding hydrogens is 414 g/mol. The fourth-order valence-corrected chi connectivity index (χ4v) is 8.25. The molecule has 4 aliphatic carbocycles.